The number of aromatic nitrogens is 3. The molecule has 0 amide bonds. The third-order valence-electron chi connectivity index (χ3n) is 5.97. The van der Waals surface area contributed by atoms with Crippen molar-refractivity contribution in [2.45, 2.75) is 50.5 Å². The van der Waals surface area contributed by atoms with Crippen LogP contribution in [0.5, 0.6) is 0 Å². The molecule has 8 nitrogen and oxygen atoms in total. The highest BCUT2D eigenvalue weighted by atomic mass is 35.5. The van der Waals surface area contributed by atoms with E-state index in [0.717, 1.165) is 33.9 Å². The molecule has 2 saturated heterocycles. The quantitative estimate of drug-likeness (QED) is 0.602. The molecule has 3 aliphatic heterocycles. The first-order chi connectivity index (χ1) is 15.4. The Morgan fingerprint density at radius 3 is 2.84 bits per heavy atom. The van der Waals surface area contributed by atoms with Gasteiger partial charge in [-0.1, -0.05) is 17.7 Å². The first-order valence-electron chi connectivity index (χ1n) is 10.8. The van der Waals surface area contributed by atoms with E-state index >= 15 is 0 Å². The number of hydrogen-bond acceptors (Lipinski definition) is 7. The number of hydrogen-bond donors (Lipinski definition) is 2. The normalized spacial score (nSPS) is 28.0. The van der Waals surface area contributed by atoms with Crippen molar-refractivity contribution in [3.8, 4) is 0 Å². The number of nitrogens with one attached hydrogen (secondary N) is 2. The molecule has 9 heteroatoms. The molecule has 0 spiro atoms. The minimum atomic E-state index is -0.547. The molecule has 0 radical (unpaired) electrons. The Morgan fingerprint density at radius 1 is 1.12 bits per heavy atom. The number of aromatic amines is 1. The minimum absolute atomic E-state index is 0.00808. The van der Waals surface area contributed by atoms with Crippen molar-refractivity contribution >= 4 is 28.5 Å². The predicted octanol–water partition coefficient (Wildman–Crippen LogP) is 3.87. The summed E-state index contributed by atoms with van der Waals surface area (Å²) in [5.41, 5.74) is 3.26. The molecule has 32 heavy (non-hydrogen) atoms. The van der Waals surface area contributed by atoms with Crippen molar-refractivity contribution < 1.29 is 18.9 Å². The van der Waals surface area contributed by atoms with Crippen LogP contribution in [-0.2, 0) is 25.4 Å². The van der Waals surface area contributed by atoms with Crippen molar-refractivity contribution in [1.82, 2.24) is 15.0 Å². The zero-order valence-corrected chi connectivity index (χ0v) is 19.1. The van der Waals surface area contributed by atoms with Gasteiger partial charge in [0.05, 0.1) is 18.6 Å². The highest BCUT2D eigenvalue weighted by molar-refractivity contribution is 6.30. The summed E-state index contributed by atoms with van der Waals surface area (Å²) in [6.07, 6.45) is 3.94. The van der Waals surface area contributed by atoms with E-state index in [1.54, 1.807) is 0 Å². The monoisotopic (exact) mass is 458 g/mol. The van der Waals surface area contributed by atoms with Gasteiger partial charge in [0, 0.05) is 18.3 Å². The van der Waals surface area contributed by atoms with Crippen LogP contribution in [0.1, 0.15) is 31.1 Å². The molecule has 6 rings (SSSR count). The van der Waals surface area contributed by atoms with Crippen LogP contribution >= 0.6 is 11.6 Å². The second-order valence-electron chi connectivity index (χ2n) is 8.53. The largest absolute Gasteiger partial charge is 0.372 e. The number of nitrogens with zero attached hydrogens (tertiary/aromatic N) is 2. The molecule has 0 aliphatic carbocycles. The Hall–Kier alpha value is -2.23. The van der Waals surface area contributed by atoms with E-state index in [2.05, 4.69) is 20.3 Å². The molecular formula is C23H27ClN4O4. The fourth-order valence-electron chi connectivity index (χ4n) is 4.63. The molecule has 2 fully saturated rings. The lowest BCUT2D eigenvalue weighted by Gasteiger charge is -2.32. The van der Waals surface area contributed by atoms with Gasteiger partial charge in [-0.3, -0.25) is 0 Å². The molecule has 0 saturated carbocycles. The molecule has 3 aromatic rings. The van der Waals surface area contributed by atoms with Gasteiger partial charge >= 0.3 is 0 Å². The summed E-state index contributed by atoms with van der Waals surface area (Å²) in [7, 11) is 1.84. The van der Waals surface area contributed by atoms with Crippen LogP contribution in [-0.4, -0.2) is 59.3 Å². The first kappa shape index (κ1) is 21.6. The maximum absolute atomic E-state index is 6.09. The van der Waals surface area contributed by atoms with E-state index in [0.29, 0.717) is 13.2 Å². The van der Waals surface area contributed by atoms with E-state index in [1.165, 1.54) is 11.9 Å². The summed E-state index contributed by atoms with van der Waals surface area (Å²) < 4.78 is 23.8. The zero-order valence-electron chi connectivity index (χ0n) is 18.3. The van der Waals surface area contributed by atoms with Crippen LogP contribution in [0.3, 0.4) is 0 Å². The summed E-state index contributed by atoms with van der Waals surface area (Å²) in [5, 5.41) is 4.77. The van der Waals surface area contributed by atoms with Crippen LogP contribution in [0, 0.1) is 0 Å². The average molecular weight is 459 g/mol. The van der Waals surface area contributed by atoms with E-state index in [9.17, 15) is 0 Å². The number of halogens is 1. The maximum atomic E-state index is 6.09. The molecule has 0 bridgehead atoms. The predicted molar refractivity (Wildman–Crippen MR) is 121 cm³/mol. The van der Waals surface area contributed by atoms with Gasteiger partial charge in [-0.2, -0.15) is 0 Å². The summed E-state index contributed by atoms with van der Waals surface area (Å²) in [6, 6.07) is 7.92. The molecule has 5 heterocycles. The molecule has 2 N–H and O–H groups in total. The lowest BCUT2D eigenvalue weighted by molar-refractivity contribution is -0.189. The van der Waals surface area contributed by atoms with Crippen molar-refractivity contribution in [3.05, 3.63) is 52.9 Å². The van der Waals surface area contributed by atoms with Crippen LogP contribution < -0.4 is 5.32 Å². The standard InChI is InChI=1S/C16H19ClO4.C7H8N4/c1-16(2)20-12-8-19-15(14(12)21-16)13-11-4-3-10(17)7-9(11)5-6-18-13;1-8-6-5-2-3-9-7(5)11-4-10-6/h3-4,7,12-15H,5-6,8H2,1-2H3;2-4H,1H3,(H2,8,9,10,11). The summed E-state index contributed by atoms with van der Waals surface area (Å²) in [5.74, 6) is 0.311. The third kappa shape index (κ3) is 4.09. The Labute approximate surface area is 191 Å². The van der Waals surface area contributed by atoms with Gasteiger partial charge < -0.3 is 29.2 Å². The van der Waals surface area contributed by atoms with E-state index in [-0.39, 0.29) is 24.4 Å². The van der Waals surface area contributed by atoms with E-state index in [4.69, 9.17) is 30.5 Å². The van der Waals surface area contributed by atoms with Crippen molar-refractivity contribution in [2.75, 3.05) is 25.6 Å². The molecular weight excluding hydrogens is 432 g/mol. The number of benzene rings is 1. The van der Waals surface area contributed by atoms with E-state index in [1.807, 2.05) is 51.4 Å². The van der Waals surface area contributed by atoms with Gasteiger partial charge in [0.25, 0.3) is 0 Å². The molecule has 4 unspecified atom stereocenters. The topological polar surface area (TPSA) is 90.5 Å². The van der Waals surface area contributed by atoms with Crippen molar-refractivity contribution in [2.24, 2.45) is 0 Å². The smallest absolute Gasteiger partial charge is 0.164 e. The van der Waals surface area contributed by atoms with Gasteiger partial charge in [-0.15, -0.1) is 0 Å². The lowest BCUT2D eigenvalue weighted by atomic mass is 9.92. The SMILES string of the molecule is CC1(C)OC2COC(C3OCCc4cc(Cl)ccc43)C2O1.CNc1ncnc2[nH]ccc12. The number of anilines is 1. The molecule has 170 valence electrons. The Bertz CT molecular complexity index is 1100. The second kappa shape index (κ2) is 8.61. The zero-order chi connectivity index (χ0) is 22.3. The first-order valence-corrected chi connectivity index (χ1v) is 11.2. The Kier molecular flexibility index (Phi) is 5.81. The molecule has 4 atom stereocenters. The second-order valence-corrected chi connectivity index (χ2v) is 8.97. The Balaban J connectivity index is 0.000000165. The summed E-state index contributed by atoms with van der Waals surface area (Å²) >= 11 is 6.09. The summed E-state index contributed by atoms with van der Waals surface area (Å²) in [6.45, 7) is 5.12. The van der Waals surface area contributed by atoms with Gasteiger partial charge in [0.15, 0.2) is 5.79 Å². The van der Waals surface area contributed by atoms with Crippen molar-refractivity contribution in [1.29, 1.82) is 0 Å². The van der Waals surface area contributed by atoms with Gasteiger partial charge in [-0.05, 0) is 49.6 Å². The minimum Gasteiger partial charge on any atom is -0.372 e. The number of rotatable bonds is 2. The van der Waals surface area contributed by atoms with Crippen LogP contribution in [0.4, 0.5) is 5.82 Å². The number of ether oxygens (including phenoxy) is 4. The maximum Gasteiger partial charge on any atom is 0.164 e. The summed E-state index contributed by atoms with van der Waals surface area (Å²) in [4.78, 5) is 11.1. The average Bonchev–Trinajstić information content (AvgIpc) is 3.47. The molecule has 2 aromatic heterocycles. The van der Waals surface area contributed by atoms with Gasteiger partial charge in [0.1, 0.15) is 42.2 Å². The van der Waals surface area contributed by atoms with E-state index < -0.39 is 5.79 Å². The fraction of sp³-hybridized carbons (Fsp3) is 0.478. The fourth-order valence-corrected chi connectivity index (χ4v) is 4.82. The third-order valence-corrected chi connectivity index (χ3v) is 6.20. The van der Waals surface area contributed by atoms with Crippen molar-refractivity contribution in [3.63, 3.8) is 0 Å². The van der Waals surface area contributed by atoms with Gasteiger partial charge in [-0.25, -0.2) is 9.97 Å². The van der Waals surface area contributed by atoms with Crippen LogP contribution in [0.25, 0.3) is 11.0 Å². The number of fused-ring (bicyclic) bond motifs is 3. The number of H-pyrrole nitrogens is 1. The highest BCUT2D eigenvalue weighted by Gasteiger charge is 2.53. The molecule has 3 aliphatic rings. The Morgan fingerprint density at radius 2 is 2.00 bits per heavy atom. The molecule has 1 aromatic carbocycles. The van der Waals surface area contributed by atoms with Gasteiger partial charge in [0.2, 0.25) is 0 Å². The highest BCUT2D eigenvalue weighted by Crippen LogP contribution is 2.42. The van der Waals surface area contributed by atoms with Crippen LogP contribution in [0.15, 0.2) is 36.8 Å². The van der Waals surface area contributed by atoms with Crippen LogP contribution in [0.2, 0.25) is 5.02 Å². The lowest BCUT2D eigenvalue weighted by Crippen LogP contribution is -2.37.